The fraction of sp³-hybridized carbons (Fsp3) is 0.469. The summed E-state index contributed by atoms with van der Waals surface area (Å²) in [6.07, 6.45) is 1.09. The molecule has 43 heavy (non-hydrogen) atoms. The summed E-state index contributed by atoms with van der Waals surface area (Å²) < 4.78 is 10.6. The number of carbonyl (C=O) groups excluding carboxylic acids is 5. The highest BCUT2D eigenvalue weighted by Gasteiger charge is 2.54. The summed E-state index contributed by atoms with van der Waals surface area (Å²) in [6, 6.07) is 16.6. The maximum Gasteiger partial charge on any atom is 0.408 e. The highest BCUT2D eigenvalue weighted by Crippen LogP contribution is 2.38. The van der Waals surface area contributed by atoms with Crippen LogP contribution in [0.5, 0.6) is 0 Å². The fourth-order valence-corrected chi connectivity index (χ4v) is 5.53. The van der Waals surface area contributed by atoms with Gasteiger partial charge in [0.05, 0.1) is 0 Å². The normalized spacial score (nSPS) is 20.4. The van der Waals surface area contributed by atoms with E-state index in [1.165, 1.54) is 4.90 Å². The van der Waals surface area contributed by atoms with E-state index in [4.69, 9.17) is 9.47 Å². The van der Waals surface area contributed by atoms with Gasteiger partial charge in [0, 0.05) is 13.0 Å². The molecule has 0 bridgehead atoms. The molecule has 4 amide bonds. The third-order valence-electron chi connectivity index (χ3n) is 7.56. The molecule has 4 rings (SSSR count). The largest absolute Gasteiger partial charge is 0.460 e. The maximum absolute atomic E-state index is 13.6. The zero-order chi connectivity index (χ0) is 31.0. The first-order chi connectivity index (χ1) is 20.5. The van der Waals surface area contributed by atoms with Crippen LogP contribution in [0, 0.1) is 0 Å². The minimum Gasteiger partial charge on any atom is -0.460 e. The van der Waals surface area contributed by atoms with E-state index in [1.807, 2.05) is 60.7 Å². The highest BCUT2D eigenvalue weighted by atomic mass is 16.6. The van der Waals surface area contributed by atoms with Gasteiger partial charge in [-0.1, -0.05) is 60.7 Å². The van der Waals surface area contributed by atoms with Crippen LogP contribution in [-0.4, -0.2) is 71.0 Å². The maximum atomic E-state index is 13.6. The van der Waals surface area contributed by atoms with Crippen molar-refractivity contribution >= 4 is 29.8 Å². The summed E-state index contributed by atoms with van der Waals surface area (Å²) in [7, 11) is 0. The molecule has 2 aromatic rings. The molecule has 2 saturated heterocycles. The second-order valence-corrected chi connectivity index (χ2v) is 11.9. The third kappa shape index (κ3) is 8.33. The molecule has 3 N–H and O–H groups in total. The van der Waals surface area contributed by atoms with Gasteiger partial charge in [0.25, 0.3) is 0 Å². The summed E-state index contributed by atoms with van der Waals surface area (Å²) in [5, 5.41) is 8.10. The van der Waals surface area contributed by atoms with Crippen molar-refractivity contribution < 1.29 is 33.4 Å². The average molecular weight is 593 g/mol. The summed E-state index contributed by atoms with van der Waals surface area (Å²) in [5.74, 6) is -1.87. The molecule has 230 valence electrons. The summed E-state index contributed by atoms with van der Waals surface area (Å²) in [4.78, 5) is 66.7. The third-order valence-corrected chi connectivity index (χ3v) is 7.56. The van der Waals surface area contributed by atoms with Gasteiger partial charge in [0.2, 0.25) is 17.7 Å². The van der Waals surface area contributed by atoms with Crippen LogP contribution >= 0.6 is 0 Å². The average Bonchev–Trinajstić information content (AvgIpc) is 3.42. The quantitative estimate of drug-likeness (QED) is 0.360. The first-order valence-electron chi connectivity index (χ1n) is 14.6. The molecule has 0 aliphatic carbocycles. The van der Waals surface area contributed by atoms with Gasteiger partial charge in [-0.2, -0.15) is 0 Å². The number of hydrogen-bond acceptors (Lipinski definition) is 7. The van der Waals surface area contributed by atoms with Gasteiger partial charge >= 0.3 is 12.1 Å². The molecule has 0 saturated carbocycles. The van der Waals surface area contributed by atoms with E-state index in [0.29, 0.717) is 25.8 Å². The molecule has 2 aromatic carbocycles. The number of benzene rings is 2. The topological polar surface area (TPSA) is 143 Å². The lowest BCUT2D eigenvalue weighted by atomic mass is 9.83. The Bertz CT molecular complexity index is 1310. The van der Waals surface area contributed by atoms with Gasteiger partial charge in [-0.3, -0.25) is 19.2 Å². The molecule has 2 aliphatic rings. The second-order valence-electron chi connectivity index (χ2n) is 11.9. The Kier molecular flexibility index (Phi) is 10.1. The molecule has 2 fully saturated rings. The van der Waals surface area contributed by atoms with Crippen LogP contribution in [-0.2, 0) is 41.7 Å². The molecule has 11 nitrogen and oxygen atoms in total. The molecule has 2 aliphatic heterocycles. The zero-order valence-electron chi connectivity index (χ0n) is 24.9. The van der Waals surface area contributed by atoms with Crippen molar-refractivity contribution in [1.82, 2.24) is 20.9 Å². The van der Waals surface area contributed by atoms with Gasteiger partial charge in [0.1, 0.15) is 36.4 Å². The van der Waals surface area contributed by atoms with E-state index in [2.05, 4.69) is 16.0 Å². The predicted octanol–water partition coefficient (Wildman–Crippen LogP) is 2.62. The Hall–Kier alpha value is -4.41. The molecular weight excluding hydrogens is 552 g/mol. The van der Waals surface area contributed by atoms with Crippen LogP contribution in [0.15, 0.2) is 60.7 Å². The first-order valence-corrected chi connectivity index (χ1v) is 14.6. The Labute approximate surface area is 251 Å². The number of carbonyl (C=O) groups is 5. The Morgan fingerprint density at radius 1 is 0.977 bits per heavy atom. The highest BCUT2D eigenvalue weighted by molar-refractivity contribution is 5.98. The molecule has 0 spiro atoms. The summed E-state index contributed by atoms with van der Waals surface area (Å²) >= 11 is 0. The van der Waals surface area contributed by atoms with E-state index in [1.54, 1.807) is 20.8 Å². The standard InChI is InChI=1S/C32H40N4O7/c1-31(2,3)43-30(41)35-25(19-22-11-6-4-7-12-22)27(38)34-24-15-17-32(16-10-18-36(32)28(24)39)29(40)33-20-26(37)42-21-23-13-8-5-9-14-23/h4-9,11-14,24-25H,10,15-21H2,1-3H3,(H,33,40)(H,34,38)(H,35,41)/t24-,25+,32-/m0/s1. The lowest BCUT2D eigenvalue weighted by Crippen LogP contribution is -2.66. The molecule has 0 radical (unpaired) electrons. The van der Waals surface area contributed by atoms with E-state index in [-0.39, 0.29) is 31.9 Å². The number of fused-ring (bicyclic) bond motifs is 1. The summed E-state index contributed by atoms with van der Waals surface area (Å²) in [5.41, 5.74) is -0.182. The van der Waals surface area contributed by atoms with Crippen molar-refractivity contribution in [3.8, 4) is 0 Å². The Balaban J connectivity index is 1.36. The van der Waals surface area contributed by atoms with Gasteiger partial charge < -0.3 is 30.3 Å². The number of hydrogen-bond donors (Lipinski definition) is 3. The van der Waals surface area contributed by atoms with E-state index in [0.717, 1.165) is 11.1 Å². The van der Waals surface area contributed by atoms with Crippen LogP contribution in [0.3, 0.4) is 0 Å². The van der Waals surface area contributed by atoms with Gasteiger partial charge in [-0.25, -0.2) is 4.79 Å². The van der Waals surface area contributed by atoms with Crippen molar-refractivity contribution in [3.63, 3.8) is 0 Å². The predicted molar refractivity (Wildman–Crippen MR) is 157 cm³/mol. The number of rotatable bonds is 10. The van der Waals surface area contributed by atoms with Crippen molar-refractivity contribution in [1.29, 1.82) is 0 Å². The number of nitrogens with one attached hydrogen (secondary N) is 3. The SMILES string of the molecule is CC(C)(C)OC(=O)N[C@H](Cc1ccccc1)C(=O)N[C@H]1CC[C@]2(C(=O)NCC(=O)OCc3ccccc3)CCCN2C1=O. The number of nitrogens with zero attached hydrogens (tertiary/aromatic N) is 1. The second kappa shape index (κ2) is 13.7. The molecule has 2 heterocycles. The minimum atomic E-state index is -1.09. The van der Waals surface area contributed by atoms with Crippen molar-refractivity contribution in [3.05, 3.63) is 71.8 Å². The van der Waals surface area contributed by atoms with E-state index >= 15 is 0 Å². The molecular formula is C32H40N4O7. The lowest BCUT2D eigenvalue weighted by molar-refractivity contribution is -0.153. The fourth-order valence-electron chi connectivity index (χ4n) is 5.53. The van der Waals surface area contributed by atoms with Gasteiger partial charge in [0.15, 0.2) is 0 Å². The number of esters is 1. The van der Waals surface area contributed by atoms with Crippen molar-refractivity contribution in [2.24, 2.45) is 0 Å². The van der Waals surface area contributed by atoms with Crippen molar-refractivity contribution in [2.45, 2.75) is 82.7 Å². The zero-order valence-corrected chi connectivity index (χ0v) is 24.9. The summed E-state index contributed by atoms with van der Waals surface area (Å²) in [6.45, 7) is 5.33. The van der Waals surface area contributed by atoms with Crippen LogP contribution in [0.25, 0.3) is 0 Å². The van der Waals surface area contributed by atoms with Crippen LogP contribution in [0.4, 0.5) is 4.79 Å². The van der Waals surface area contributed by atoms with Gasteiger partial charge in [-0.15, -0.1) is 0 Å². The first kappa shape index (κ1) is 31.5. The molecule has 0 unspecified atom stereocenters. The molecule has 3 atom stereocenters. The Morgan fingerprint density at radius 3 is 2.28 bits per heavy atom. The van der Waals surface area contributed by atoms with Crippen LogP contribution in [0.1, 0.15) is 57.6 Å². The van der Waals surface area contributed by atoms with Crippen LogP contribution in [0.2, 0.25) is 0 Å². The van der Waals surface area contributed by atoms with E-state index < -0.39 is 47.1 Å². The Morgan fingerprint density at radius 2 is 1.63 bits per heavy atom. The molecule has 0 aromatic heterocycles. The number of amides is 4. The molecule has 11 heteroatoms. The monoisotopic (exact) mass is 592 g/mol. The number of piperidine rings is 1. The van der Waals surface area contributed by atoms with Crippen LogP contribution < -0.4 is 16.0 Å². The number of ether oxygens (including phenoxy) is 2. The lowest BCUT2D eigenvalue weighted by Gasteiger charge is -2.43. The van der Waals surface area contributed by atoms with Gasteiger partial charge in [-0.05, 0) is 57.6 Å². The number of alkyl carbamates (subject to hydrolysis) is 1. The smallest absolute Gasteiger partial charge is 0.408 e. The van der Waals surface area contributed by atoms with Crippen molar-refractivity contribution in [2.75, 3.05) is 13.1 Å². The minimum absolute atomic E-state index is 0.0979. The van der Waals surface area contributed by atoms with E-state index in [9.17, 15) is 24.0 Å².